The molecule has 10 nitrogen and oxygen atoms in total. The molecule has 31 heavy (non-hydrogen) atoms. The van der Waals surface area contributed by atoms with Gasteiger partial charge in [-0.1, -0.05) is 11.3 Å². The highest BCUT2D eigenvalue weighted by Crippen LogP contribution is 2.33. The monoisotopic (exact) mass is 441 g/mol. The molecular weight excluding hydrogens is 418 g/mol. The van der Waals surface area contributed by atoms with Gasteiger partial charge in [-0.15, -0.1) is 16.4 Å². The summed E-state index contributed by atoms with van der Waals surface area (Å²) in [5.41, 5.74) is 1.62. The minimum atomic E-state index is -0.443. The number of fused-ring (bicyclic) bond motifs is 1. The Bertz CT molecular complexity index is 1110. The van der Waals surface area contributed by atoms with Crippen molar-refractivity contribution in [3.63, 3.8) is 0 Å². The highest BCUT2D eigenvalue weighted by Gasteiger charge is 2.45. The number of thiophene rings is 1. The van der Waals surface area contributed by atoms with Crippen molar-refractivity contribution in [3.8, 4) is 0 Å². The molecule has 2 aliphatic rings. The summed E-state index contributed by atoms with van der Waals surface area (Å²) in [6.07, 6.45) is 2.37. The second-order valence-corrected chi connectivity index (χ2v) is 8.73. The molecule has 1 saturated heterocycles. The van der Waals surface area contributed by atoms with E-state index in [4.69, 9.17) is 4.74 Å². The Morgan fingerprint density at radius 2 is 2.23 bits per heavy atom. The Kier molecular flexibility index (Phi) is 5.06. The minimum Gasteiger partial charge on any atom is -0.365 e. The first-order valence-electron chi connectivity index (χ1n) is 10.3. The van der Waals surface area contributed by atoms with Crippen molar-refractivity contribution >= 4 is 23.2 Å². The van der Waals surface area contributed by atoms with Crippen LogP contribution in [-0.2, 0) is 31.0 Å². The number of nitrogens with zero attached hydrogens (tertiary/aromatic N) is 6. The molecule has 1 unspecified atom stereocenters. The number of likely N-dealkylation sites (tertiary alicyclic amines) is 1. The summed E-state index contributed by atoms with van der Waals surface area (Å²) < 4.78 is 9.74. The third-order valence-corrected chi connectivity index (χ3v) is 6.73. The zero-order valence-electron chi connectivity index (χ0n) is 17.2. The summed E-state index contributed by atoms with van der Waals surface area (Å²) in [7, 11) is 0. The number of hydrogen-bond donors (Lipinski definition) is 1. The SMILES string of the molecule is CCn1nccc1C(=O)NCc1nnn2c1COC1(CCN(C(=O)c3cccs3)C1)C2. The maximum Gasteiger partial charge on any atom is 0.269 e. The van der Waals surface area contributed by atoms with Crippen LogP contribution in [0.4, 0.5) is 0 Å². The van der Waals surface area contributed by atoms with Crippen LogP contribution in [0.15, 0.2) is 29.8 Å². The first-order valence-corrected chi connectivity index (χ1v) is 11.1. The zero-order chi connectivity index (χ0) is 21.4. The van der Waals surface area contributed by atoms with E-state index in [1.54, 1.807) is 16.9 Å². The number of ether oxygens (including phenoxy) is 1. The maximum absolute atomic E-state index is 12.7. The van der Waals surface area contributed by atoms with Gasteiger partial charge in [0.25, 0.3) is 11.8 Å². The van der Waals surface area contributed by atoms with Crippen molar-refractivity contribution in [2.75, 3.05) is 13.1 Å². The second-order valence-electron chi connectivity index (χ2n) is 7.78. The predicted molar refractivity (Wildman–Crippen MR) is 111 cm³/mol. The number of nitrogens with one attached hydrogen (secondary N) is 1. The molecule has 0 radical (unpaired) electrons. The number of amides is 2. The fourth-order valence-corrected chi connectivity index (χ4v) is 4.87. The Morgan fingerprint density at radius 1 is 1.32 bits per heavy atom. The second kappa shape index (κ2) is 7.89. The van der Waals surface area contributed by atoms with E-state index in [0.29, 0.717) is 44.2 Å². The van der Waals surface area contributed by atoms with Gasteiger partial charge < -0.3 is 15.0 Å². The molecule has 3 aromatic rings. The van der Waals surface area contributed by atoms with Crippen molar-refractivity contribution in [3.05, 3.63) is 51.7 Å². The molecule has 0 bridgehead atoms. The van der Waals surface area contributed by atoms with Gasteiger partial charge in [0.05, 0.1) is 36.8 Å². The van der Waals surface area contributed by atoms with Crippen LogP contribution in [-0.4, -0.2) is 60.2 Å². The number of carbonyl (C=O) groups excluding carboxylic acids is 2. The molecule has 0 aliphatic carbocycles. The molecular formula is C20H23N7O3S. The lowest BCUT2D eigenvalue weighted by Gasteiger charge is -2.33. The van der Waals surface area contributed by atoms with E-state index in [2.05, 4.69) is 20.7 Å². The highest BCUT2D eigenvalue weighted by atomic mass is 32.1. The topological polar surface area (TPSA) is 107 Å². The Morgan fingerprint density at radius 3 is 3.03 bits per heavy atom. The van der Waals surface area contributed by atoms with Crippen LogP contribution < -0.4 is 5.32 Å². The molecule has 11 heteroatoms. The summed E-state index contributed by atoms with van der Waals surface area (Å²) in [6.45, 7) is 4.92. The largest absolute Gasteiger partial charge is 0.365 e. The molecule has 0 saturated carbocycles. The van der Waals surface area contributed by atoms with Gasteiger partial charge in [-0.05, 0) is 30.9 Å². The Labute approximate surface area is 182 Å². The fraction of sp³-hybridized carbons (Fsp3) is 0.450. The van der Waals surface area contributed by atoms with Crippen molar-refractivity contribution in [1.82, 2.24) is 35.0 Å². The van der Waals surface area contributed by atoms with Gasteiger partial charge in [0.1, 0.15) is 17.0 Å². The Hall–Kier alpha value is -3.05. The van der Waals surface area contributed by atoms with Gasteiger partial charge >= 0.3 is 0 Å². The van der Waals surface area contributed by atoms with Crippen LogP contribution in [0.5, 0.6) is 0 Å². The van der Waals surface area contributed by atoms with Gasteiger partial charge in [-0.2, -0.15) is 5.10 Å². The molecule has 162 valence electrons. The quantitative estimate of drug-likeness (QED) is 0.640. The van der Waals surface area contributed by atoms with Crippen molar-refractivity contribution in [1.29, 1.82) is 0 Å². The first kappa shape index (κ1) is 19.9. The number of aromatic nitrogens is 5. The molecule has 1 spiro atoms. The summed E-state index contributed by atoms with van der Waals surface area (Å²) in [4.78, 5) is 27.7. The lowest BCUT2D eigenvalue weighted by atomic mass is 10.0. The van der Waals surface area contributed by atoms with Crippen LogP contribution in [0.3, 0.4) is 0 Å². The summed E-state index contributed by atoms with van der Waals surface area (Å²) in [5, 5.41) is 17.5. The van der Waals surface area contributed by atoms with E-state index < -0.39 is 5.60 Å². The molecule has 5 rings (SSSR count). The molecule has 1 N–H and O–H groups in total. The molecule has 1 atom stereocenters. The van der Waals surface area contributed by atoms with Crippen molar-refractivity contribution in [2.24, 2.45) is 0 Å². The fourth-order valence-electron chi connectivity index (χ4n) is 4.18. The molecule has 1 fully saturated rings. The predicted octanol–water partition coefficient (Wildman–Crippen LogP) is 1.30. The van der Waals surface area contributed by atoms with E-state index in [1.807, 2.05) is 34.0 Å². The molecule has 5 heterocycles. The number of aryl methyl sites for hydroxylation is 1. The average molecular weight is 442 g/mol. The van der Waals surface area contributed by atoms with E-state index in [0.717, 1.165) is 17.0 Å². The standard InChI is InChI=1S/C20H23N7O3S/c1-2-26-15(5-7-22-26)18(28)21-10-14-16-11-30-20(13-27(16)24-23-14)6-8-25(12-20)19(29)17-4-3-9-31-17/h3-5,7,9H,2,6,8,10-13H2,1H3,(H,21,28). The highest BCUT2D eigenvalue weighted by molar-refractivity contribution is 7.12. The maximum atomic E-state index is 12.7. The van der Waals surface area contributed by atoms with Crippen molar-refractivity contribution in [2.45, 2.75) is 45.2 Å². The smallest absolute Gasteiger partial charge is 0.269 e. The van der Waals surface area contributed by atoms with Crippen LogP contribution in [0.2, 0.25) is 0 Å². The molecule has 0 aromatic carbocycles. The zero-order valence-corrected chi connectivity index (χ0v) is 18.0. The Balaban J connectivity index is 1.23. The molecule has 3 aromatic heterocycles. The summed E-state index contributed by atoms with van der Waals surface area (Å²) in [6, 6.07) is 5.43. The van der Waals surface area contributed by atoms with Gasteiger partial charge in [0.15, 0.2) is 0 Å². The normalized spacial score (nSPS) is 20.2. The van der Waals surface area contributed by atoms with Crippen molar-refractivity contribution < 1.29 is 14.3 Å². The van der Waals surface area contributed by atoms with E-state index in [-0.39, 0.29) is 18.4 Å². The van der Waals surface area contributed by atoms with Gasteiger partial charge in [-0.25, -0.2) is 4.68 Å². The first-order chi connectivity index (χ1) is 15.1. The van der Waals surface area contributed by atoms with Crippen LogP contribution in [0.25, 0.3) is 0 Å². The van der Waals surface area contributed by atoms with Crippen LogP contribution in [0, 0.1) is 0 Å². The molecule has 2 amide bonds. The van der Waals surface area contributed by atoms with Crippen LogP contribution >= 0.6 is 11.3 Å². The van der Waals surface area contributed by atoms with Gasteiger partial charge in [0.2, 0.25) is 0 Å². The van der Waals surface area contributed by atoms with Gasteiger partial charge in [-0.3, -0.25) is 14.3 Å². The summed E-state index contributed by atoms with van der Waals surface area (Å²) >= 11 is 1.45. The minimum absolute atomic E-state index is 0.0505. The lowest BCUT2D eigenvalue weighted by molar-refractivity contribution is -0.0828. The molecule has 2 aliphatic heterocycles. The van der Waals surface area contributed by atoms with Gasteiger partial charge in [0, 0.05) is 19.3 Å². The third-order valence-electron chi connectivity index (χ3n) is 5.87. The van der Waals surface area contributed by atoms with E-state index in [1.165, 1.54) is 11.3 Å². The lowest BCUT2D eigenvalue weighted by Crippen LogP contribution is -2.45. The van der Waals surface area contributed by atoms with E-state index in [9.17, 15) is 9.59 Å². The average Bonchev–Trinajstić information content (AvgIpc) is 3.58. The number of carbonyl (C=O) groups is 2. The third kappa shape index (κ3) is 3.63. The summed E-state index contributed by atoms with van der Waals surface area (Å²) in [5.74, 6) is -0.151. The number of rotatable bonds is 5. The van der Waals surface area contributed by atoms with E-state index >= 15 is 0 Å². The number of hydrogen-bond acceptors (Lipinski definition) is 7. The van der Waals surface area contributed by atoms with Crippen LogP contribution in [0.1, 0.15) is 44.9 Å².